The quantitative estimate of drug-likeness (QED) is 0.868. The average molecular weight is 330 g/mol. The first kappa shape index (κ1) is 16.4. The van der Waals surface area contributed by atoms with Crippen LogP contribution in [0.4, 0.5) is 4.79 Å². The van der Waals surface area contributed by atoms with E-state index >= 15 is 0 Å². The van der Waals surface area contributed by atoms with E-state index in [9.17, 15) is 4.79 Å². The van der Waals surface area contributed by atoms with Crippen LogP contribution in [0.5, 0.6) is 5.75 Å². The van der Waals surface area contributed by atoms with Crippen LogP contribution in [-0.4, -0.2) is 17.9 Å². The molecule has 0 unspecified atom stereocenters. The van der Waals surface area contributed by atoms with E-state index in [0.717, 1.165) is 17.9 Å². The third-order valence-electron chi connectivity index (χ3n) is 4.28. The van der Waals surface area contributed by atoms with Gasteiger partial charge in [0.25, 0.3) is 0 Å². The first-order chi connectivity index (χ1) is 11.7. The van der Waals surface area contributed by atoms with Crippen LogP contribution in [0.3, 0.4) is 0 Å². The topological polar surface area (TPSA) is 87.6 Å². The molecule has 0 radical (unpaired) electrons. The molecule has 2 N–H and O–H groups in total. The monoisotopic (exact) mass is 330 g/mol. The highest BCUT2D eigenvalue weighted by Crippen LogP contribution is 2.26. The molecule has 3 rings (SSSR count). The largest absolute Gasteiger partial charge is 0.493 e. The summed E-state index contributed by atoms with van der Waals surface area (Å²) in [5, 5.41) is 3.97. The molecule has 1 saturated carbocycles. The molecule has 1 fully saturated rings. The minimum Gasteiger partial charge on any atom is -0.493 e. The fourth-order valence-electron chi connectivity index (χ4n) is 2.95. The molecule has 24 heavy (non-hydrogen) atoms. The highest BCUT2D eigenvalue weighted by molar-refractivity contribution is 5.64. The van der Waals surface area contributed by atoms with Gasteiger partial charge >= 0.3 is 6.09 Å². The van der Waals surface area contributed by atoms with Gasteiger partial charge in [0.15, 0.2) is 12.4 Å². The van der Waals surface area contributed by atoms with Gasteiger partial charge in [0.2, 0.25) is 0 Å². The number of rotatable bonds is 6. The number of hydrogen-bond donors (Lipinski definition) is 1. The minimum absolute atomic E-state index is 0.0229. The molecule has 2 aromatic rings. The van der Waals surface area contributed by atoms with E-state index in [4.69, 9.17) is 15.0 Å². The third-order valence-corrected chi connectivity index (χ3v) is 4.28. The van der Waals surface area contributed by atoms with Crippen molar-refractivity contribution in [2.45, 2.75) is 38.7 Å². The number of carbonyl (C=O) groups excluding carboxylic acids is 1. The summed E-state index contributed by atoms with van der Waals surface area (Å²) >= 11 is 0. The number of amides is 1. The Morgan fingerprint density at radius 2 is 1.96 bits per heavy atom. The number of carbonyl (C=O) groups is 1. The minimum atomic E-state index is -0.840. The highest BCUT2D eigenvalue weighted by Gasteiger charge is 2.14. The summed E-state index contributed by atoms with van der Waals surface area (Å²) < 4.78 is 15.7. The molecule has 6 heteroatoms. The lowest BCUT2D eigenvalue weighted by Gasteiger charge is -2.21. The van der Waals surface area contributed by atoms with E-state index in [-0.39, 0.29) is 6.61 Å². The van der Waals surface area contributed by atoms with Gasteiger partial charge in [-0.2, -0.15) is 0 Å². The summed E-state index contributed by atoms with van der Waals surface area (Å²) in [7, 11) is 0. The van der Waals surface area contributed by atoms with Gasteiger partial charge in [-0.05, 0) is 43.0 Å². The molecule has 1 amide bonds. The zero-order chi connectivity index (χ0) is 16.8. The van der Waals surface area contributed by atoms with Crippen LogP contribution in [0.1, 0.15) is 37.9 Å². The van der Waals surface area contributed by atoms with Gasteiger partial charge in [0.1, 0.15) is 11.4 Å². The van der Waals surface area contributed by atoms with Crippen LogP contribution in [-0.2, 0) is 11.3 Å². The zero-order valence-corrected chi connectivity index (χ0v) is 13.6. The summed E-state index contributed by atoms with van der Waals surface area (Å²) in [4.78, 5) is 10.6. The summed E-state index contributed by atoms with van der Waals surface area (Å²) in [6, 6.07) is 9.47. The lowest BCUT2D eigenvalue weighted by molar-refractivity contribution is 0.137. The number of aromatic nitrogens is 1. The van der Waals surface area contributed by atoms with Crippen LogP contribution in [0.25, 0.3) is 11.3 Å². The Bertz CT molecular complexity index is 660. The first-order valence-electron chi connectivity index (χ1n) is 8.32. The van der Waals surface area contributed by atoms with Gasteiger partial charge in [0.05, 0.1) is 6.61 Å². The second-order valence-corrected chi connectivity index (χ2v) is 6.13. The van der Waals surface area contributed by atoms with Crippen molar-refractivity contribution < 1.29 is 18.8 Å². The van der Waals surface area contributed by atoms with E-state index in [1.54, 1.807) is 6.07 Å². The molecular weight excluding hydrogens is 308 g/mol. The van der Waals surface area contributed by atoms with Crippen LogP contribution < -0.4 is 10.5 Å². The number of ether oxygens (including phenoxy) is 2. The first-order valence-corrected chi connectivity index (χ1v) is 8.32. The Labute approximate surface area is 140 Å². The van der Waals surface area contributed by atoms with E-state index in [1.165, 1.54) is 32.1 Å². The Morgan fingerprint density at radius 1 is 1.21 bits per heavy atom. The van der Waals surface area contributed by atoms with Crippen molar-refractivity contribution in [3.8, 4) is 17.0 Å². The van der Waals surface area contributed by atoms with Gasteiger partial charge in [-0.3, -0.25) is 0 Å². The Hall–Kier alpha value is -2.50. The maximum atomic E-state index is 10.6. The van der Waals surface area contributed by atoms with Crippen LogP contribution in [0.2, 0.25) is 0 Å². The van der Waals surface area contributed by atoms with Gasteiger partial charge in [-0.25, -0.2) is 4.79 Å². The van der Waals surface area contributed by atoms with Gasteiger partial charge in [-0.1, -0.05) is 24.4 Å². The lowest BCUT2D eigenvalue weighted by atomic mass is 9.90. The van der Waals surface area contributed by atoms with E-state index in [0.29, 0.717) is 17.4 Å². The fourth-order valence-corrected chi connectivity index (χ4v) is 2.95. The van der Waals surface area contributed by atoms with E-state index in [1.807, 2.05) is 24.3 Å². The van der Waals surface area contributed by atoms with Crippen LogP contribution >= 0.6 is 0 Å². The van der Waals surface area contributed by atoms with E-state index < -0.39 is 6.09 Å². The molecule has 0 aliphatic heterocycles. The normalized spacial score (nSPS) is 15.2. The van der Waals surface area contributed by atoms with Crippen molar-refractivity contribution >= 4 is 6.09 Å². The van der Waals surface area contributed by atoms with E-state index in [2.05, 4.69) is 9.89 Å². The van der Waals surface area contributed by atoms with Crippen molar-refractivity contribution in [2.75, 3.05) is 6.61 Å². The predicted octanol–water partition coefficient (Wildman–Crippen LogP) is 3.90. The fraction of sp³-hybridized carbons (Fsp3) is 0.444. The average Bonchev–Trinajstić information content (AvgIpc) is 3.08. The van der Waals surface area contributed by atoms with Crippen molar-refractivity contribution in [2.24, 2.45) is 11.7 Å². The summed E-state index contributed by atoms with van der Waals surface area (Å²) in [5.41, 5.74) is 6.51. The molecule has 1 aliphatic rings. The van der Waals surface area contributed by atoms with Crippen molar-refractivity contribution in [1.82, 2.24) is 5.16 Å². The summed E-state index contributed by atoms with van der Waals surface area (Å²) in [6.07, 6.45) is 5.70. The lowest BCUT2D eigenvalue weighted by Crippen LogP contribution is -2.15. The van der Waals surface area contributed by atoms with Gasteiger partial charge in [-0.15, -0.1) is 0 Å². The van der Waals surface area contributed by atoms with Crippen molar-refractivity contribution in [1.29, 1.82) is 0 Å². The molecule has 0 saturated heterocycles. The van der Waals surface area contributed by atoms with Gasteiger partial charge in [0, 0.05) is 11.6 Å². The highest BCUT2D eigenvalue weighted by atomic mass is 16.6. The molecule has 128 valence electrons. The molecular formula is C18H22N2O4. The summed E-state index contributed by atoms with van der Waals surface area (Å²) in [6.45, 7) is 0.767. The second-order valence-electron chi connectivity index (χ2n) is 6.13. The molecule has 1 heterocycles. The Morgan fingerprint density at radius 3 is 2.67 bits per heavy atom. The smallest absolute Gasteiger partial charge is 0.404 e. The maximum Gasteiger partial charge on any atom is 0.404 e. The molecule has 1 aliphatic carbocycles. The number of nitrogens with zero attached hydrogens (tertiary/aromatic N) is 1. The summed E-state index contributed by atoms with van der Waals surface area (Å²) in [5.74, 6) is 1.99. The van der Waals surface area contributed by atoms with Crippen LogP contribution in [0, 0.1) is 5.92 Å². The Kier molecular flexibility index (Phi) is 5.36. The third kappa shape index (κ3) is 4.50. The van der Waals surface area contributed by atoms with Crippen molar-refractivity contribution in [3.05, 3.63) is 36.1 Å². The molecule has 6 nitrogen and oxygen atoms in total. The number of nitrogens with two attached hydrogens (primary N) is 1. The SMILES string of the molecule is NC(=O)OCc1cc(-c2ccc(OCC3CCCCC3)cc2)no1. The Balaban J connectivity index is 1.54. The van der Waals surface area contributed by atoms with Gasteiger partial charge < -0.3 is 19.7 Å². The number of benzene rings is 1. The molecule has 1 aromatic heterocycles. The molecule has 0 atom stereocenters. The second kappa shape index (κ2) is 7.86. The van der Waals surface area contributed by atoms with Crippen molar-refractivity contribution in [3.63, 3.8) is 0 Å². The molecule has 1 aromatic carbocycles. The predicted molar refractivity (Wildman–Crippen MR) is 88.4 cm³/mol. The number of hydrogen-bond acceptors (Lipinski definition) is 5. The zero-order valence-electron chi connectivity index (χ0n) is 13.6. The van der Waals surface area contributed by atoms with Crippen LogP contribution in [0.15, 0.2) is 34.9 Å². The number of primary amides is 1. The maximum absolute atomic E-state index is 10.6. The molecule has 0 spiro atoms. The molecule has 0 bridgehead atoms. The standard InChI is InChI=1S/C18H22N2O4/c19-18(21)23-12-16-10-17(20-24-16)14-6-8-15(9-7-14)22-11-13-4-2-1-3-5-13/h6-10,13H,1-5,11-12H2,(H2,19,21).